The van der Waals surface area contributed by atoms with Gasteiger partial charge >= 0.3 is 5.97 Å². The van der Waals surface area contributed by atoms with E-state index in [1.54, 1.807) is 30.3 Å². The van der Waals surface area contributed by atoms with E-state index in [0.29, 0.717) is 46.9 Å². The lowest BCUT2D eigenvalue weighted by Gasteiger charge is -2.21. The van der Waals surface area contributed by atoms with Gasteiger partial charge in [0.1, 0.15) is 13.2 Å². The minimum Gasteiger partial charge on any atom is -0.493 e. The Labute approximate surface area is 164 Å². The maximum atomic E-state index is 12.4. The van der Waals surface area contributed by atoms with Gasteiger partial charge in [-0.05, 0) is 36.4 Å². The Balaban J connectivity index is 1.45. The molecule has 28 heavy (non-hydrogen) atoms. The van der Waals surface area contributed by atoms with E-state index >= 15 is 0 Å². The van der Waals surface area contributed by atoms with E-state index in [2.05, 4.69) is 10.2 Å². The van der Waals surface area contributed by atoms with E-state index in [1.807, 2.05) is 0 Å². The first kappa shape index (κ1) is 18.1. The highest BCUT2D eigenvalue weighted by Gasteiger charge is 2.22. The Morgan fingerprint density at radius 2 is 1.93 bits per heavy atom. The third-order valence-corrected chi connectivity index (χ3v) is 4.20. The molecule has 0 fully saturated rings. The monoisotopic (exact) mass is 402 g/mol. The molecule has 0 unspecified atom stereocenters. The topological polar surface area (TPSA) is 92.9 Å². The largest absolute Gasteiger partial charge is 0.493 e. The third kappa shape index (κ3) is 3.72. The van der Waals surface area contributed by atoms with Crippen LogP contribution in [0.25, 0.3) is 11.5 Å². The molecule has 0 bridgehead atoms. The molecule has 1 aliphatic heterocycles. The fourth-order valence-electron chi connectivity index (χ4n) is 2.62. The lowest BCUT2D eigenvalue weighted by Crippen LogP contribution is -2.17. The first-order valence-electron chi connectivity index (χ1n) is 8.37. The molecule has 0 saturated carbocycles. The molecule has 1 aliphatic rings. The van der Waals surface area contributed by atoms with Crippen LogP contribution in [0.1, 0.15) is 16.2 Å². The highest BCUT2D eigenvalue weighted by molar-refractivity contribution is 6.30. The van der Waals surface area contributed by atoms with Crippen molar-refractivity contribution < 1.29 is 28.2 Å². The normalized spacial score (nSPS) is 12.5. The minimum absolute atomic E-state index is 0.169. The van der Waals surface area contributed by atoms with Crippen LogP contribution in [0.4, 0.5) is 0 Å². The van der Waals surface area contributed by atoms with Gasteiger partial charge < -0.3 is 23.4 Å². The van der Waals surface area contributed by atoms with Crippen LogP contribution in [-0.2, 0) is 11.3 Å². The summed E-state index contributed by atoms with van der Waals surface area (Å²) in [5, 5.41) is 8.44. The van der Waals surface area contributed by atoms with Gasteiger partial charge in [0.25, 0.3) is 5.89 Å². The third-order valence-electron chi connectivity index (χ3n) is 3.95. The molecule has 0 radical (unpaired) electrons. The highest BCUT2D eigenvalue weighted by atomic mass is 35.5. The molecule has 9 heteroatoms. The minimum atomic E-state index is -0.582. The molecule has 4 rings (SSSR count). The van der Waals surface area contributed by atoms with Crippen LogP contribution in [0, 0.1) is 0 Å². The highest BCUT2D eigenvalue weighted by Crippen LogP contribution is 2.40. The fraction of sp³-hybridized carbons (Fsp3) is 0.211. The lowest BCUT2D eigenvalue weighted by atomic mass is 10.1. The number of hydrogen-bond donors (Lipinski definition) is 0. The van der Waals surface area contributed by atoms with Crippen molar-refractivity contribution in [3.63, 3.8) is 0 Å². The van der Waals surface area contributed by atoms with Gasteiger partial charge in [-0.15, -0.1) is 10.2 Å². The number of carbonyl (C=O) groups excluding carboxylic acids is 1. The number of methoxy groups -OCH3 is 1. The lowest BCUT2D eigenvalue weighted by molar-refractivity contribution is 0.0437. The van der Waals surface area contributed by atoms with Gasteiger partial charge in [-0.25, -0.2) is 4.79 Å². The van der Waals surface area contributed by atoms with Crippen LogP contribution in [0.3, 0.4) is 0 Å². The van der Waals surface area contributed by atoms with Crippen LogP contribution >= 0.6 is 11.6 Å². The second kappa shape index (κ2) is 7.77. The summed E-state index contributed by atoms with van der Waals surface area (Å²) in [7, 11) is 1.49. The Hall–Kier alpha value is -3.26. The second-order valence-electron chi connectivity index (χ2n) is 5.79. The summed E-state index contributed by atoms with van der Waals surface area (Å²) in [6.07, 6.45) is 0. The van der Waals surface area contributed by atoms with Gasteiger partial charge in [0, 0.05) is 10.6 Å². The van der Waals surface area contributed by atoms with Gasteiger partial charge in [-0.3, -0.25) is 0 Å². The van der Waals surface area contributed by atoms with Gasteiger partial charge in [0.2, 0.25) is 11.6 Å². The number of aromatic nitrogens is 2. The first-order valence-corrected chi connectivity index (χ1v) is 8.75. The Morgan fingerprint density at radius 3 is 2.71 bits per heavy atom. The molecule has 1 aromatic heterocycles. The van der Waals surface area contributed by atoms with Crippen molar-refractivity contribution in [2.75, 3.05) is 20.3 Å². The standard InChI is InChI=1S/C19H15ClN2O6/c1-24-14-8-12(9-15-17(14)26-7-6-25-15)19(23)27-10-16-21-22-18(28-16)11-2-4-13(20)5-3-11/h2-5,8-9H,6-7,10H2,1H3. The Kier molecular flexibility index (Phi) is 5.03. The summed E-state index contributed by atoms with van der Waals surface area (Å²) in [5.41, 5.74) is 0.976. The van der Waals surface area contributed by atoms with Crippen LogP contribution in [0.15, 0.2) is 40.8 Å². The SMILES string of the molecule is COc1cc(C(=O)OCc2nnc(-c3ccc(Cl)cc3)o2)cc2c1OCCO2. The summed E-state index contributed by atoms with van der Waals surface area (Å²) < 4.78 is 27.1. The Morgan fingerprint density at radius 1 is 1.14 bits per heavy atom. The maximum absolute atomic E-state index is 12.4. The van der Waals surface area contributed by atoms with Gasteiger partial charge in [0.05, 0.1) is 12.7 Å². The van der Waals surface area contributed by atoms with Crippen LogP contribution in [0.5, 0.6) is 17.2 Å². The molecular weight excluding hydrogens is 388 g/mol. The number of benzene rings is 2. The van der Waals surface area contributed by atoms with Crippen LogP contribution in [0.2, 0.25) is 5.02 Å². The summed E-state index contributed by atoms with van der Waals surface area (Å²) in [6, 6.07) is 10.0. The van der Waals surface area contributed by atoms with Crippen LogP contribution in [-0.4, -0.2) is 36.5 Å². The second-order valence-corrected chi connectivity index (χ2v) is 6.22. The van der Waals surface area contributed by atoms with E-state index in [9.17, 15) is 4.79 Å². The summed E-state index contributed by atoms with van der Waals surface area (Å²) >= 11 is 5.86. The summed E-state index contributed by atoms with van der Waals surface area (Å²) in [5.74, 6) is 1.19. The number of carbonyl (C=O) groups is 1. The number of rotatable bonds is 5. The Bertz CT molecular complexity index is 985. The zero-order valence-corrected chi connectivity index (χ0v) is 15.6. The van der Waals surface area contributed by atoms with Gasteiger partial charge in [-0.2, -0.15) is 0 Å². The number of ether oxygens (including phenoxy) is 4. The number of halogens is 1. The van der Waals surface area contributed by atoms with Gasteiger partial charge in [-0.1, -0.05) is 11.6 Å². The predicted octanol–water partition coefficient (Wildman–Crippen LogP) is 3.53. The van der Waals surface area contributed by atoms with Crippen molar-refractivity contribution >= 4 is 17.6 Å². The van der Waals surface area contributed by atoms with Crippen molar-refractivity contribution in [2.45, 2.75) is 6.61 Å². The van der Waals surface area contributed by atoms with Crippen LogP contribution < -0.4 is 14.2 Å². The van der Waals surface area contributed by atoms with E-state index in [-0.39, 0.29) is 18.1 Å². The molecule has 0 N–H and O–H groups in total. The molecule has 0 aliphatic carbocycles. The average molecular weight is 403 g/mol. The quantitative estimate of drug-likeness (QED) is 0.598. The molecule has 8 nitrogen and oxygen atoms in total. The van der Waals surface area contributed by atoms with Crippen molar-refractivity contribution in [3.05, 3.63) is 52.9 Å². The molecule has 0 atom stereocenters. The number of hydrogen-bond acceptors (Lipinski definition) is 8. The van der Waals surface area contributed by atoms with E-state index in [0.717, 1.165) is 0 Å². The number of fused-ring (bicyclic) bond motifs is 1. The molecule has 2 aromatic carbocycles. The van der Waals surface area contributed by atoms with Crippen molar-refractivity contribution in [3.8, 4) is 28.7 Å². The van der Waals surface area contributed by atoms with Crippen molar-refractivity contribution in [2.24, 2.45) is 0 Å². The van der Waals surface area contributed by atoms with Crippen molar-refractivity contribution in [1.29, 1.82) is 0 Å². The van der Waals surface area contributed by atoms with E-state index in [4.69, 9.17) is 35.0 Å². The molecule has 0 amide bonds. The zero-order chi connectivity index (χ0) is 19.5. The average Bonchev–Trinajstić information content (AvgIpc) is 3.20. The smallest absolute Gasteiger partial charge is 0.338 e. The van der Waals surface area contributed by atoms with Gasteiger partial charge in [0.15, 0.2) is 18.1 Å². The summed E-state index contributed by atoms with van der Waals surface area (Å²) in [4.78, 5) is 12.4. The molecule has 3 aromatic rings. The number of nitrogens with zero attached hydrogens (tertiary/aromatic N) is 2. The molecule has 0 spiro atoms. The fourth-order valence-corrected chi connectivity index (χ4v) is 2.75. The predicted molar refractivity (Wildman–Crippen MR) is 97.8 cm³/mol. The van der Waals surface area contributed by atoms with Crippen molar-refractivity contribution in [1.82, 2.24) is 10.2 Å². The van der Waals surface area contributed by atoms with E-state index < -0.39 is 5.97 Å². The molecular formula is C19H15ClN2O6. The summed E-state index contributed by atoms with van der Waals surface area (Å²) in [6.45, 7) is 0.639. The maximum Gasteiger partial charge on any atom is 0.338 e. The molecule has 144 valence electrons. The van der Waals surface area contributed by atoms with E-state index in [1.165, 1.54) is 13.2 Å². The molecule has 2 heterocycles. The zero-order valence-electron chi connectivity index (χ0n) is 14.8. The number of esters is 1. The molecule has 0 saturated heterocycles. The first-order chi connectivity index (χ1) is 13.6.